The number of amides is 1. The largest absolute Gasteiger partial charge is 0.465 e. The second-order valence-electron chi connectivity index (χ2n) is 4.76. The summed E-state index contributed by atoms with van der Waals surface area (Å²) in [6.07, 6.45) is 0.746. The molecule has 0 aliphatic carbocycles. The van der Waals surface area contributed by atoms with Crippen molar-refractivity contribution in [2.45, 2.75) is 27.2 Å². The number of carbonyl (C=O) groups is 2. The molecule has 0 aliphatic rings. The number of carbonyl (C=O) groups excluding carboxylic acids is 2. The van der Waals surface area contributed by atoms with E-state index in [4.69, 9.17) is 0 Å². The molecule has 0 radical (unpaired) electrons. The lowest BCUT2D eigenvalue weighted by atomic mass is 9.89. The van der Waals surface area contributed by atoms with Gasteiger partial charge in [0.25, 0.3) is 0 Å². The van der Waals surface area contributed by atoms with Crippen LogP contribution in [0.5, 0.6) is 0 Å². The van der Waals surface area contributed by atoms with Crippen molar-refractivity contribution in [3.63, 3.8) is 0 Å². The summed E-state index contributed by atoms with van der Waals surface area (Å²) in [7, 11) is 1.33. The van der Waals surface area contributed by atoms with Crippen molar-refractivity contribution in [1.29, 1.82) is 0 Å². The average molecular weight is 249 g/mol. The van der Waals surface area contributed by atoms with Crippen LogP contribution in [-0.2, 0) is 9.53 Å². The van der Waals surface area contributed by atoms with Gasteiger partial charge in [0.05, 0.1) is 12.7 Å². The molecule has 4 heteroatoms. The molecular formula is C14H19NO3. The Labute approximate surface area is 107 Å². The Kier molecular flexibility index (Phi) is 4.48. The van der Waals surface area contributed by atoms with Gasteiger partial charge in [0.15, 0.2) is 0 Å². The van der Waals surface area contributed by atoms with E-state index in [-0.39, 0.29) is 5.91 Å². The maximum atomic E-state index is 12.0. The van der Waals surface area contributed by atoms with Crippen LogP contribution in [0.25, 0.3) is 0 Å². The second kappa shape index (κ2) is 5.67. The Morgan fingerprint density at radius 2 is 2.00 bits per heavy atom. The first-order valence-electron chi connectivity index (χ1n) is 5.90. The fraction of sp³-hybridized carbons (Fsp3) is 0.429. The summed E-state index contributed by atoms with van der Waals surface area (Å²) in [5.41, 5.74) is 0.593. The summed E-state index contributed by atoms with van der Waals surface area (Å²) in [5.74, 6) is -0.479. The summed E-state index contributed by atoms with van der Waals surface area (Å²) >= 11 is 0. The van der Waals surface area contributed by atoms with Crippen molar-refractivity contribution in [3.05, 3.63) is 29.8 Å². The minimum Gasteiger partial charge on any atom is -0.465 e. The number of ether oxygens (including phenoxy) is 1. The molecule has 1 aromatic carbocycles. The SMILES string of the molecule is CCC(C)(C)C(=O)Nc1cccc(C(=O)OC)c1. The van der Waals surface area contributed by atoms with Gasteiger partial charge in [-0.05, 0) is 24.6 Å². The number of nitrogens with one attached hydrogen (secondary N) is 1. The van der Waals surface area contributed by atoms with Gasteiger partial charge in [-0.25, -0.2) is 4.79 Å². The number of anilines is 1. The van der Waals surface area contributed by atoms with Crippen LogP contribution in [0.1, 0.15) is 37.6 Å². The molecule has 1 amide bonds. The highest BCUT2D eigenvalue weighted by Gasteiger charge is 2.25. The summed E-state index contributed by atoms with van der Waals surface area (Å²) in [6, 6.07) is 6.71. The predicted molar refractivity (Wildman–Crippen MR) is 70.5 cm³/mol. The van der Waals surface area contributed by atoms with E-state index >= 15 is 0 Å². The van der Waals surface area contributed by atoms with Gasteiger partial charge in [0.1, 0.15) is 0 Å². The standard InChI is InChI=1S/C14H19NO3/c1-5-14(2,3)13(17)15-11-8-6-7-10(9-11)12(16)18-4/h6-9H,5H2,1-4H3,(H,15,17). The van der Waals surface area contributed by atoms with Crippen LogP contribution in [0, 0.1) is 5.41 Å². The molecule has 0 saturated carbocycles. The highest BCUT2D eigenvalue weighted by molar-refractivity contribution is 5.96. The molecule has 4 nitrogen and oxygen atoms in total. The first-order valence-corrected chi connectivity index (χ1v) is 5.90. The summed E-state index contributed by atoms with van der Waals surface area (Å²) in [5, 5.41) is 2.81. The quantitative estimate of drug-likeness (QED) is 0.835. The van der Waals surface area contributed by atoms with E-state index < -0.39 is 11.4 Å². The maximum absolute atomic E-state index is 12.0. The van der Waals surface area contributed by atoms with Gasteiger partial charge < -0.3 is 10.1 Å². The molecule has 0 bridgehead atoms. The molecule has 98 valence electrons. The third-order valence-corrected chi connectivity index (χ3v) is 3.04. The first-order chi connectivity index (χ1) is 8.40. The number of rotatable bonds is 4. The van der Waals surface area contributed by atoms with Gasteiger partial charge in [-0.15, -0.1) is 0 Å². The normalized spacial score (nSPS) is 10.9. The molecule has 1 N–H and O–H groups in total. The number of esters is 1. The Morgan fingerprint density at radius 1 is 1.33 bits per heavy atom. The molecular weight excluding hydrogens is 230 g/mol. The van der Waals surface area contributed by atoms with E-state index in [0.717, 1.165) is 6.42 Å². The lowest BCUT2D eigenvalue weighted by Crippen LogP contribution is -2.30. The molecule has 0 fully saturated rings. The molecule has 0 unspecified atom stereocenters. The Balaban J connectivity index is 2.86. The van der Waals surface area contributed by atoms with E-state index in [9.17, 15) is 9.59 Å². The van der Waals surface area contributed by atoms with Gasteiger partial charge in [0.2, 0.25) is 5.91 Å². The zero-order chi connectivity index (χ0) is 13.8. The van der Waals surface area contributed by atoms with Crippen LogP contribution in [0.2, 0.25) is 0 Å². The monoisotopic (exact) mass is 249 g/mol. The molecule has 18 heavy (non-hydrogen) atoms. The molecule has 0 atom stereocenters. The minimum atomic E-state index is -0.429. The van der Waals surface area contributed by atoms with E-state index in [2.05, 4.69) is 10.1 Å². The van der Waals surface area contributed by atoms with Crippen molar-refractivity contribution in [1.82, 2.24) is 0 Å². The highest BCUT2D eigenvalue weighted by atomic mass is 16.5. The molecule has 1 rings (SSSR count). The minimum absolute atomic E-state index is 0.0629. The molecule has 0 aromatic heterocycles. The van der Waals surface area contributed by atoms with E-state index in [1.54, 1.807) is 24.3 Å². The lowest BCUT2D eigenvalue weighted by molar-refractivity contribution is -0.124. The van der Waals surface area contributed by atoms with Crippen molar-refractivity contribution >= 4 is 17.6 Å². The fourth-order valence-corrected chi connectivity index (χ4v) is 1.30. The van der Waals surface area contributed by atoms with Gasteiger partial charge >= 0.3 is 5.97 Å². The smallest absolute Gasteiger partial charge is 0.337 e. The Hall–Kier alpha value is -1.84. The van der Waals surface area contributed by atoms with Crippen molar-refractivity contribution < 1.29 is 14.3 Å². The van der Waals surface area contributed by atoms with Crippen LogP contribution >= 0.6 is 0 Å². The maximum Gasteiger partial charge on any atom is 0.337 e. The fourth-order valence-electron chi connectivity index (χ4n) is 1.30. The van der Waals surface area contributed by atoms with E-state index in [1.165, 1.54) is 7.11 Å². The molecule has 0 heterocycles. The summed E-state index contributed by atoms with van der Waals surface area (Å²) < 4.78 is 4.63. The van der Waals surface area contributed by atoms with Crippen molar-refractivity contribution in [2.75, 3.05) is 12.4 Å². The first kappa shape index (κ1) is 14.2. The van der Waals surface area contributed by atoms with Crippen LogP contribution in [0.15, 0.2) is 24.3 Å². The number of methoxy groups -OCH3 is 1. The van der Waals surface area contributed by atoms with Gasteiger partial charge in [-0.2, -0.15) is 0 Å². The zero-order valence-corrected chi connectivity index (χ0v) is 11.2. The van der Waals surface area contributed by atoms with Crippen LogP contribution in [0.3, 0.4) is 0 Å². The summed E-state index contributed by atoms with van der Waals surface area (Å²) in [6.45, 7) is 5.73. The predicted octanol–water partition coefficient (Wildman–Crippen LogP) is 2.85. The van der Waals surface area contributed by atoms with Crippen molar-refractivity contribution in [3.8, 4) is 0 Å². The number of hydrogen-bond acceptors (Lipinski definition) is 3. The van der Waals surface area contributed by atoms with Crippen LogP contribution in [0.4, 0.5) is 5.69 Å². The second-order valence-corrected chi connectivity index (χ2v) is 4.76. The molecule has 0 aliphatic heterocycles. The van der Waals surface area contributed by atoms with Crippen LogP contribution < -0.4 is 5.32 Å². The zero-order valence-electron chi connectivity index (χ0n) is 11.2. The number of benzene rings is 1. The van der Waals surface area contributed by atoms with Gasteiger partial charge in [0, 0.05) is 11.1 Å². The average Bonchev–Trinajstić information content (AvgIpc) is 2.38. The third kappa shape index (κ3) is 3.32. The van der Waals surface area contributed by atoms with Gasteiger partial charge in [-0.3, -0.25) is 4.79 Å². The van der Waals surface area contributed by atoms with Crippen molar-refractivity contribution in [2.24, 2.45) is 5.41 Å². The molecule has 1 aromatic rings. The van der Waals surface area contributed by atoms with Gasteiger partial charge in [-0.1, -0.05) is 26.8 Å². The lowest BCUT2D eigenvalue weighted by Gasteiger charge is -2.21. The van der Waals surface area contributed by atoms with Crippen LogP contribution in [-0.4, -0.2) is 19.0 Å². The van der Waals surface area contributed by atoms with E-state index in [0.29, 0.717) is 11.3 Å². The summed E-state index contributed by atoms with van der Waals surface area (Å²) in [4.78, 5) is 23.4. The molecule has 0 saturated heterocycles. The third-order valence-electron chi connectivity index (χ3n) is 3.04. The topological polar surface area (TPSA) is 55.4 Å². The Morgan fingerprint density at radius 3 is 2.56 bits per heavy atom. The highest BCUT2D eigenvalue weighted by Crippen LogP contribution is 2.22. The number of hydrogen-bond donors (Lipinski definition) is 1. The van der Waals surface area contributed by atoms with E-state index in [1.807, 2.05) is 20.8 Å². The Bertz CT molecular complexity index is 452. The molecule has 0 spiro atoms.